The Morgan fingerprint density at radius 1 is 1.23 bits per heavy atom. The second-order valence-electron chi connectivity index (χ2n) is 6.05. The van der Waals surface area contributed by atoms with Crippen LogP contribution in [0.2, 0.25) is 0 Å². The summed E-state index contributed by atoms with van der Waals surface area (Å²) in [5, 5.41) is 12.2. The van der Waals surface area contributed by atoms with E-state index in [0.29, 0.717) is 19.0 Å². The lowest BCUT2D eigenvalue weighted by Gasteiger charge is -2.14. The van der Waals surface area contributed by atoms with Crippen molar-refractivity contribution < 1.29 is 17.9 Å². The monoisotopic (exact) mass is 358 g/mol. The van der Waals surface area contributed by atoms with E-state index in [1.165, 1.54) is 12.2 Å². The normalized spacial score (nSPS) is 20.2. The molecule has 1 fully saturated rings. The van der Waals surface area contributed by atoms with Crippen LogP contribution in [0.5, 0.6) is 0 Å². The first-order valence-corrected chi connectivity index (χ1v) is 8.24. The Balaban J connectivity index is 1.48. The molecule has 0 unspecified atom stereocenters. The highest BCUT2D eigenvalue weighted by atomic mass is 19.1. The van der Waals surface area contributed by atoms with E-state index in [1.807, 2.05) is 16.9 Å². The molecule has 0 spiro atoms. The lowest BCUT2D eigenvalue weighted by molar-refractivity contribution is 0.0627. The average Bonchev–Trinajstić information content (AvgIpc) is 3.37. The van der Waals surface area contributed by atoms with E-state index in [4.69, 9.17) is 9.15 Å². The van der Waals surface area contributed by atoms with Gasteiger partial charge in [0.2, 0.25) is 11.8 Å². The fourth-order valence-corrected chi connectivity index (χ4v) is 2.97. The summed E-state index contributed by atoms with van der Waals surface area (Å²) in [5.41, 5.74) is 0.110. The van der Waals surface area contributed by atoms with E-state index in [2.05, 4.69) is 15.3 Å². The summed E-state index contributed by atoms with van der Waals surface area (Å²) < 4.78 is 40.1. The molecule has 8 heteroatoms. The van der Waals surface area contributed by atoms with Crippen molar-refractivity contribution >= 4 is 12.2 Å². The van der Waals surface area contributed by atoms with Gasteiger partial charge >= 0.3 is 0 Å². The summed E-state index contributed by atoms with van der Waals surface area (Å²) in [6, 6.07) is 5.10. The van der Waals surface area contributed by atoms with Gasteiger partial charge in [-0.05, 0) is 36.8 Å². The van der Waals surface area contributed by atoms with Crippen LogP contribution in [0.25, 0.3) is 12.2 Å². The van der Waals surface area contributed by atoms with E-state index in [0.717, 1.165) is 24.6 Å². The Hall–Kier alpha value is -2.87. The number of nitrogens with zero attached hydrogens (tertiary/aromatic N) is 4. The van der Waals surface area contributed by atoms with Crippen LogP contribution in [0.3, 0.4) is 0 Å². The molecule has 3 heterocycles. The Labute approximate surface area is 148 Å². The van der Waals surface area contributed by atoms with Gasteiger partial charge in [0.05, 0.1) is 0 Å². The van der Waals surface area contributed by atoms with Crippen molar-refractivity contribution in [1.29, 1.82) is 0 Å². The van der Waals surface area contributed by atoms with Gasteiger partial charge in [-0.2, -0.15) is 5.10 Å². The van der Waals surface area contributed by atoms with Crippen LogP contribution >= 0.6 is 0 Å². The molecular formula is C18H16F2N4O2. The minimum atomic E-state index is -0.527. The standard InChI is InChI=1S/C18H16F2N4O2/c19-14-3-4-15(20)12(10-14)2-5-16-22-23-18(26-16)17-13(6-9-25-17)11-24-8-1-7-21-24/h1-5,7-8,10,13,17H,6,9,11H2/b5-2+/t13-,17-/m0/s1. The maximum absolute atomic E-state index is 13.6. The lowest BCUT2D eigenvalue weighted by Crippen LogP contribution is -2.15. The van der Waals surface area contributed by atoms with Gasteiger partial charge in [0.15, 0.2) is 0 Å². The summed E-state index contributed by atoms with van der Waals surface area (Å²) in [7, 11) is 0. The Morgan fingerprint density at radius 3 is 3.00 bits per heavy atom. The molecule has 0 radical (unpaired) electrons. The fraction of sp³-hybridized carbons (Fsp3) is 0.278. The van der Waals surface area contributed by atoms with E-state index in [1.54, 1.807) is 6.20 Å². The number of ether oxygens (including phenoxy) is 1. The summed E-state index contributed by atoms with van der Waals surface area (Å²) in [4.78, 5) is 0. The van der Waals surface area contributed by atoms with Crippen LogP contribution in [0.15, 0.2) is 41.1 Å². The van der Waals surface area contributed by atoms with Gasteiger partial charge in [-0.15, -0.1) is 10.2 Å². The largest absolute Gasteiger partial charge is 0.418 e. The smallest absolute Gasteiger partial charge is 0.245 e. The zero-order valence-electron chi connectivity index (χ0n) is 13.8. The third-order valence-electron chi connectivity index (χ3n) is 4.26. The van der Waals surface area contributed by atoms with Crippen molar-refractivity contribution in [2.24, 2.45) is 5.92 Å². The minimum Gasteiger partial charge on any atom is -0.418 e. The number of hydrogen-bond donors (Lipinski definition) is 0. The Kier molecular flexibility index (Phi) is 4.57. The highest BCUT2D eigenvalue weighted by molar-refractivity contribution is 5.66. The van der Waals surface area contributed by atoms with Crippen LogP contribution in [-0.2, 0) is 11.3 Å². The van der Waals surface area contributed by atoms with Gasteiger partial charge in [-0.1, -0.05) is 0 Å². The first-order chi connectivity index (χ1) is 12.7. The van der Waals surface area contributed by atoms with Gasteiger partial charge in [0.25, 0.3) is 0 Å². The molecular weight excluding hydrogens is 342 g/mol. The molecule has 1 aliphatic rings. The van der Waals surface area contributed by atoms with E-state index in [-0.39, 0.29) is 23.5 Å². The zero-order chi connectivity index (χ0) is 17.9. The van der Waals surface area contributed by atoms with Crippen LogP contribution in [0.1, 0.15) is 29.9 Å². The maximum atomic E-state index is 13.6. The quantitative estimate of drug-likeness (QED) is 0.698. The molecule has 134 valence electrons. The van der Waals surface area contributed by atoms with Gasteiger partial charge in [0, 0.05) is 43.1 Å². The first-order valence-electron chi connectivity index (χ1n) is 8.24. The van der Waals surface area contributed by atoms with E-state index < -0.39 is 11.6 Å². The lowest BCUT2D eigenvalue weighted by atomic mass is 10.0. The molecule has 0 bridgehead atoms. The van der Waals surface area contributed by atoms with Gasteiger partial charge in [-0.3, -0.25) is 4.68 Å². The van der Waals surface area contributed by atoms with Crippen LogP contribution < -0.4 is 0 Å². The SMILES string of the molecule is Fc1ccc(F)c(/C=C/c2nnc([C@H]3OCC[C@H]3Cn3cccn3)o2)c1. The second kappa shape index (κ2) is 7.17. The predicted octanol–water partition coefficient (Wildman–Crippen LogP) is 3.49. The third kappa shape index (κ3) is 3.55. The van der Waals surface area contributed by atoms with Crippen LogP contribution in [-0.4, -0.2) is 26.6 Å². The molecule has 3 aromatic rings. The number of benzene rings is 1. The van der Waals surface area contributed by atoms with Gasteiger partial charge in [-0.25, -0.2) is 8.78 Å². The first kappa shape index (κ1) is 16.6. The third-order valence-corrected chi connectivity index (χ3v) is 4.26. The number of halogens is 2. The summed E-state index contributed by atoms with van der Waals surface area (Å²) >= 11 is 0. The van der Waals surface area contributed by atoms with Crippen molar-refractivity contribution in [3.05, 3.63) is 65.6 Å². The topological polar surface area (TPSA) is 66.0 Å². The molecule has 0 saturated carbocycles. The van der Waals surface area contributed by atoms with Crippen molar-refractivity contribution in [2.45, 2.75) is 19.1 Å². The van der Waals surface area contributed by atoms with Crippen molar-refractivity contribution in [3.8, 4) is 0 Å². The number of hydrogen-bond acceptors (Lipinski definition) is 5. The summed E-state index contributed by atoms with van der Waals surface area (Å²) in [6.45, 7) is 1.30. The molecule has 4 rings (SSSR count). The van der Waals surface area contributed by atoms with Crippen LogP contribution in [0, 0.1) is 17.6 Å². The van der Waals surface area contributed by atoms with Crippen molar-refractivity contribution in [1.82, 2.24) is 20.0 Å². The molecule has 0 N–H and O–H groups in total. The molecule has 1 saturated heterocycles. The molecule has 2 aromatic heterocycles. The van der Waals surface area contributed by atoms with Crippen molar-refractivity contribution in [3.63, 3.8) is 0 Å². The predicted molar refractivity (Wildman–Crippen MR) is 88.6 cm³/mol. The maximum Gasteiger partial charge on any atom is 0.245 e. The summed E-state index contributed by atoms with van der Waals surface area (Å²) in [6.07, 6.45) is 7.03. The molecule has 0 amide bonds. The average molecular weight is 358 g/mol. The van der Waals surface area contributed by atoms with Crippen LogP contribution in [0.4, 0.5) is 8.78 Å². The Morgan fingerprint density at radius 2 is 2.15 bits per heavy atom. The highest BCUT2D eigenvalue weighted by Gasteiger charge is 2.34. The molecule has 1 aromatic carbocycles. The van der Waals surface area contributed by atoms with Gasteiger partial charge in [0.1, 0.15) is 17.7 Å². The molecule has 2 atom stereocenters. The zero-order valence-corrected chi connectivity index (χ0v) is 13.8. The van der Waals surface area contributed by atoms with E-state index in [9.17, 15) is 8.78 Å². The summed E-state index contributed by atoms with van der Waals surface area (Å²) in [5.74, 6) is -0.289. The highest BCUT2D eigenvalue weighted by Crippen LogP contribution is 2.34. The van der Waals surface area contributed by atoms with Crippen molar-refractivity contribution in [2.75, 3.05) is 6.61 Å². The second-order valence-corrected chi connectivity index (χ2v) is 6.05. The molecule has 0 aliphatic carbocycles. The molecule has 26 heavy (non-hydrogen) atoms. The molecule has 6 nitrogen and oxygen atoms in total. The minimum absolute atomic E-state index is 0.110. The number of aromatic nitrogens is 4. The van der Waals surface area contributed by atoms with E-state index >= 15 is 0 Å². The fourth-order valence-electron chi connectivity index (χ4n) is 2.97. The Bertz CT molecular complexity index is 908. The number of rotatable bonds is 5. The van der Waals surface area contributed by atoms with Gasteiger partial charge < -0.3 is 9.15 Å². The molecule has 1 aliphatic heterocycles.